The summed E-state index contributed by atoms with van der Waals surface area (Å²) in [4.78, 5) is 26.0. The van der Waals surface area contributed by atoms with Gasteiger partial charge in [-0.1, -0.05) is 38.1 Å². The molecule has 1 atom stereocenters. The number of ether oxygens (including phenoxy) is 1. The lowest BCUT2D eigenvalue weighted by Crippen LogP contribution is -2.35. The molecule has 27 heavy (non-hydrogen) atoms. The van der Waals surface area contributed by atoms with E-state index in [9.17, 15) is 9.59 Å². The molecule has 0 radical (unpaired) electrons. The zero-order valence-electron chi connectivity index (χ0n) is 15.7. The molecule has 1 aliphatic carbocycles. The Morgan fingerprint density at radius 2 is 1.89 bits per heavy atom. The molecule has 2 aliphatic rings. The van der Waals surface area contributed by atoms with E-state index in [1.165, 1.54) is 11.1 Å². The number of carbonyl (C=O) groups is 2. The average Bonchev–Trinajstić information content (AvgIpc) is 3.10. The number of carbonyl (C=O) groups excluding carboxylic acids is 2. The van der Waals surface area contributed by atoms with Crippen LogP contribution in [-0.4, -0.2) is 25.2 Å². The summed E-state index contributed by atoms with van der Waals surface area (Å²) in [6, 6.07) is 15.5. The van der Waals surface area contributed by atoms with E-state index in [1.54, 1.807) is 29.2 Å². The predicted octanol–water partition coefficient (Wildman–Crippen LogP) is 4.19. The summed E-state index contributed by atoms with van der Waals surface area (Å²) in [5.74, 6) is -0.0925. The van der Waals surface area contributed by atoms with Gasteiger partial charge in [-0.15, -0.1) is 0 Å². The molecule has 4 rings (SSSR count). The first-order chi connectivity index (χ1) is 13.0. The minimum absolute atomic E-state index is 0.0231. The Hall–Kier alpha value is -2.82. The number of anilines is 1. The van der Waals surface area contributed by atoms with Gasteiger partial charge in [0, 0.05) is 11.3 Å². The first-order valence-corrected chi connectivity index (χ1v) is 9.40. The Kier molecular flexibility index (Phi) is 4.38. The number of nitrogens with one attached hydrogen (secondary N) is 1. The second kappa shape index (κ2) is 6.72. The summed E-state index contributed by atoms with van der Waals surface area (Å²) in [6.07, 6.45) is 1.62. The fraction of sp³-hybridized carbons (Fsp3) is 0.364. The van der Waals surface area contributed by atoms with Crippen LogP contribution in [0, 0.1) is 0 Å². The van der Waals surface area contributed by atoms with Crippen LogP contribution in [0.5, 0.6) is 0 Å². The molecular weight excluding hydrogens is 340 g/mol. The Labute approximate surface area is 159 Å². The van der Waals surface area contributed by atoms with Crippen molar-refractivity contribution >= 4 is 17.7 Å². The van der Waals surface area contributed by atoms with Crippen molar-refractivity contribution in [3.05, 3.63) is 65.2 Å². The molecule has 140 valence electrons. The topological polar surface area (TPSA) is 58.6 Å². The van der Waals surface area contributed by atoms with Gasteiger partial charge in [0.25, 0.3) is 5.91 Å². The van der Waals surface area contributed by atoms with Gasteiger partial charge in [0.05, 0.1) is 12.6 Å². The Morgan fingerprint density at radius 3 is 2.59 bits per heavy atom. The second-order valence-electron chi connectivity index (χ2n) is 7.85. The monoisotopic (exact) mass is 364 g/mol. The summed E-state index contributed by atoms with van der Waals surface area (Å²) in [6.45, 7) is 5.45. The normalized spacial score (nSPS) is 20.7. The number of hydrogen-bond acceptors (Lipinski definition) is 3. The van der Waals surface area contributed by atoms with E-state index in [4.69, 9.17) is 4.74 Å². The van der Waals surface area contributed by atoms with E-state index >= 15 is 0 Å². The third-order valence-electron chi connectivity index (χ3n) is 5.63. The van der Waals surface area contributed by atoms with Crippen LogP contribution in [-0.2, 0) is 10.2 Å². The lowest BCUT2D eigenvalue weighted by Gasteiger charge is -2.37. The van der Waals surface area contributed by atoms with Crippen LogP contribution in [0.2, 0.25) is 0 Å². The van der Waals surface area contributed by atoms with Crippen molar-refractivity contribution in [3.8, 4) is 0 Å². The van der Waals surface area contributed by atoms with E-state index in [0.717, 1.165) is 18.5 Å². The summed E-state index contributed by atoms with van der Waals surface area (Å²) < 4.78 is 4.96. The molecule has 0 bridgehead atoms. The molecule has 5 heteroatoms. The van der Waals surface area contributed by atoms with Crippen LogP contribution >= 0.6 is 0 Å². The highest BCUT2D eigenvalue weighted by Gasteiger charge is 2.33. The molecule has 1 N–H and O–H groups in total. The lowest BCUT2D eigenvalue weighted by molar-refractivity contribution is 0.0929. The zero-order valence-corrected chi connectivity index (χ0v) is 15.7. The van der Waals surface area contributed by atoms with Gasteiger partial charge in [-0.2, -0.15) is 0 Å². The maximum atomic E-state index is 12.8. The van der Waals surface area contributed by atoms with Gasteiger partial charge in [-0.05, 0) is 53.6 Å². The van der Waals surface area contributed by atoms with Gasteiger partial charge in [0.1, 0.15) is 6.61 Å². The number of cyclic esters (lactones) is 1. The van der Waals surface area contributed by atoms with Crippen LogP contribution in [0.25, 0.3) is 0 Å². The Morgan fingerprint density at radius 1 is 1.15 bits per heavy atom. The molecule has 2 amide bonds. The zero-order chi connectivity index (χ0) is 19.0. The number of rotatable bonds is 3. The van der Waals surface area contributed by atoms with Gasteiger partial charge in [0.2, 0.25) is 0 Å². The number of nitrogens with zero attached hydrogens (tertiary/aromatic N) is 1. The quantitative estimate of drug-likeness (QED) is 0.889. The van der Waals surface area contributed by atoms with Crippen molar-refractivity contribution in [2.24, 2.45) is 0 Å². The molecule has 0 spiro atoms. The molecule has 1 unspecified atom stereocenters. The van der Waals surface area contributed by atoms with E-state index in [2.05, 4.69) is 37.4 Å². The molecule has 2 aromatic carbocycles. The van der Waals surface area contributed by atoms with E-state index in [-0.39, 0.29) is 23.5 Å². The SMILES string of the molecule is CC1(C)CCC(NC(=O)c2ccc(N3CCOC3=O)cc2)c2ccccc21. The fourth-order valence-electron chi connectivity index (χ4n) is 4.02. The molecule has 1 fully saturated rings. The van der Waals surface area contributed by atoms with Crippen molar-refractivity contribution in [1.29, 1.82) is 0 Å². The predicted molar refractivity (Wildman–Crippen MR) is 104 cm³/mol. The first kappa shape index (κ1) is 17.6. The fourth-order valence-corrected chi connectivity index (χ4v) is 4.02. The van der Waals surface area contributed by atoms with Crippen LogP contribution in [0.4, 0.5) is 10.5 Å². The molecule has 5 nitrogen and oxygen atoms in total. The number of fused-ring (bicyclic) bond motifs is 1. The van der Waals surface area contributed by atoms with Gasteiger partial charge in [0.15, 0.2) is 0 Å². The van der Waals surface area contributed by atoms with Crippen LogP contribution < -0.4 is 10.2 Å². The number of benzene rings is 2. The molecule has 0 saturated carbocycles. The van der Waals surface area contributed by atoms with Crippen LogP contribution in [0.3, 0.4) is 0 Å². The third kappa shape index (κ3) is 3.29. The highest BCUT2D eigenvalue weighted by molar-refractivity contribution is 5.96. The number of hydrogen-bond donors (Lipinski definition) is 1. The standard InChI is InChI=1S/C22H24N2O3/c1-22(2)12-11-19(17-5-3-4-6-18(17)22)23-20(25)15-7-9-16(10-8-15)24-13-14-27-21(24)26/h3-10,19H,11-14H2,1-2H3,(H,23,25). The van der Waals surface area contributed by atoms with Crippen molar-refractivity contribution < 1.29 is 14.3 Å². The van der Waals surface area contributed by atoms with Gasteiger partial charge >= 0.3 is 6.09 Å². The maximum absolute atomic E-state index is 12.8. The van der Waals surface area contributed by atoms with Crippen LogP contribution in [0.1, 0.15) is 54.2 Å². The molecule has 2 aromatic rings. The summed E-state index contributed by atoms with van der Waals surface area (Å²) >= 11 is 0. The second-order valence-corrected chi connectivity index (χ2v) is 7.85. The Bertz CT molecular complexity index is 873. The Balaban J connectivity index is 1.50. The maximum Gasteiger partial charge on any atom is 0.414 e. The largest absolute Gasteiger partial charge is 0.447 e. The van der Waals surface area contributed by atoms with Crippen LogP contribution in [0.15, 0.2) is 48.5 Å². The molecule has 1 aliphatic heterocycles. The van der Waals surface area contributed by atoms with Crippen molar-refractivity contribution in [3.63, 3.8) is 0 Å². The minimum atomic E-state index is -0.339. The summed E-state index contributed by atoms with van der Waals surface area (Å²) in [5, 5.41) is 3.18. The molecule has 1 saturated heterocycles. The first-order valence-electron chi connectivity index (χ1n) is 9.40. The van der Waals surface area contributed by atoms with Crippen molar-refractivity contribution in [2.75, 3.05) is 18.1 Å². The summed E-state index contributed by atoms with van der Waals surface area (Å²) in [7, 11) is 0. The smallest absolute Gasteiger partial charge is 0.414 e. The molecule has 1 heterocycles. The average molecular weight is 364 g/mol. The van der Waals surface area contributed by atoms with Crippen molar-refractivity contribution in [1.82, 2.24) is 5.32 Å². The van der Waals surface area contributed by atoms with Gasteiger partial charge in [-0.3, -0.25) is 9.69 Å². The van der Waals surface area contributed by atoms with E-state index in [0.29, 0.717) is 18.7 Å². The highest BCUT2D eigenvalue weighted by atomic mass is 16.6. The molecule has 0 aromatic heterocycles. The number of amides is 2. The molecular formula is C22H24N2O3. The minimum Gasteiger partial charge on any atom is -0.447 e. The van der Waals surface area contributed by atoms with Gasteiger partial charge in [-0.25, -0.2) is 4.79 Å². The van der Waals surface area contributed by atoms with Crippen molar-refractivity contribution in [2.45, 2.75) is 38.1 Å². The highest BCUT2D eigenvalue weighted by Crippen LogP contribution is 2.41. The lowest BCUT2D eigenvalue weighted by atomic mass is 9.71. The van der Waals surface area contributed by atoms with E-state index < -0.39 is 0 Å². The summed E-state index contributed by atoms with van der Waals surface area (Å²) in [5.41, 5.74) is 3.99. The van der Waals surface area contributed by atoms with E-state index in [1.807, 2.05) is 6.07 Å². The third-order valence-corrected chi connectivity index (χ3v) is 5.63. The van der Waals surface area contributed by atoms with Gasteiger partial charge < -0.3 is 10.1 Å².